The number of rotatable bonds is 5. The monoisotopic (exact) mass is 261 g/mol. The van der Waals surface area contributed by atoms with E-state index in [4.69, 9.17) is 0 Å². The highest BCUT2D eigenvalue weighted by atomic mass is 16.3. The van der Waals surface area contributed by atoms with Gasteiger partial charge >= 0.3 is 0 Å². The molecule has 2 heteroatoms. The SMILES string of the molecule is CCCN(C(C)CC)[C@H]1CCc2c(O)cccc2C1. The maximum atomic E-state index is 9.93. The normalized spacial score (nSPS) is 20.3. The highest BCUT2D eigenvalue weighted by Crippen LogP contribution is 2.31. The van der Waals surface area contributed by atoms with Crippen LogP contribution in [0.15, 0.2) is 18.2 Å². The molecule has 19 heavy (non-hydrogen) atoms. The second-order valence-electron chi connectivity index (χ2n) is 5.81. The summed E-state index contributed by atoms with van der Waals surface area (Å²) in [5.74, 6) is 0.488. The largest absolute Gasteiger partial charge is 0.508 e. The lowest BCUT2D eigenvalue weighted by atomic mass is 9.86. The molecule has 0 heterocycles. The van der Waals surface area contributed by atoms with Crippen LogP contribution in [0, 0.1) is 0 Å². The average Bonchev–Trinajstić information content (AvgIpc) is 2.44. The van der Waals surface area contributed by atoms with Crippen LogP contribution in [0.4, 0.5) is 0 Å². The summed E-state index contributed by atoms with van der Waals surface area (Å²) >= 11 is 0. The van der Waals surface area contributed by atoms with Gasteiger partial charge in [0, 0.05) is 12.1 Å². The van der Waals surface area contributed by atoms with Crippen LogP contribution < -0.4 is 0 Å². The van der Waals surface area contributed by atoms with Gasteiger partial charge in [-0.05, 0) is 62.8 Å². The van der Waals surface area contributed by atoms with Crippen molar-refractivity contribution in [3.05, 3.63) is 29.3 Å². The van der Waals surface area contributed by atoms with Crippen molar-refractivity contribution in [2.75, 3.05) is 6.54 Å². The van der Waals surface area contributed by atoms with Crippen molar-refractivity contribution in [3.8, 4) is 5.75 Å². The molecule has 1 unspecified atom stereocenters. The molecule has 1 N–H and O–H groups in total. The molecule has 2 atom stereocenters. The summed E-state index contributed by atoms with van der Waals surface area (Å²) in [6.07, 6.45) is 5.71. The minimum absolute atomic E-state index is 0.488. The van der Waals surface area contributed by atoms with Crippen LogP contribution in [0.1, 0.15) is 51.2 Å². The van der Waals surface area contributed by atoms with Crippen molar-refractivity contribution >= 4 is 0 Å². The Kier molecular flexibility index (Phi) is 4.87. The van der Waals surface area contributed by atoms with Gasteiger partial charge in [0.15, 0.2) is 0 Å². The Morgan fingerprint density at radius 2 is 2.16 bits per heavy atom. The van der Waals surface area contributed by atoms with E-state index in [9.17, 15) is 5.11 Å². The minimum Gasteiger partial charge on any atom is -0.508 e. The number of benzene rings is 1. The smallest absolute Gasteiger partial charge is 0.119 e. The first-order chi connectivity index (χ1) is 9.17. The van der Waals surface area contributed by atoms with E-state index in [2.05, 4.69) is 31.7 Å². The molecule has 2 rings (SSSR count). The molecule has 0 aliphatic heterocycles. The van der Waals surface area contributed by atoms with Crippen molar-refractivity contribution < 1.29 is 5.11 Å². The van der Waals surface area contributed by atoms with Crippen molar-refractivity contribution in [2.45, 2.75) is 65.0 Å². The van der Waals surface area contributed by atoms with Gasteiger partial charge < -0.3 is 5.11 Å². The molecule has 1 aromatic carbocycles. The Hall–Kier alpha value is -1.02. The first-order valence-electron chi connectivity index (χ1n) is 7.72. The van der Waals surface area contributed by atoms with E-state index < -0.39 is 0 Å². The number of phenols is 1. The molecule has 0 saturated carbocycles. The van der Waals surface area contributed by atoms with Crippen LogP contribution in [-0.4, -0.2) is 28.6 Å². The maximum Gasteiger partial charge on any atom is 0.119 e. The lowest BCUT2D eigenvalue weighted by Crippen LogP contribution is -2.44. The van der Waals surface area contributed by atoms with Crippen molar-refractivity contribution in [1.29, 1.82) is 0 Å². The minimum atomic E-state index is 0.488. The zero-order valence-corrected chi connectivity index (χ0v) is 12.5. The zero-order valence-electron chi connectivity index (χ0n) is 12.5. The van der Waals surface area contributed by atoms with Crippen molar-refractivity contribution in [1.82, 2.24) is 4.90 Å². The number of phenolic OH excluding ortho intramolecular Hbond substituents is 1. The second-order valence-corrected chi connectivity index (χ2v) is 5.81. The van der Waals surface area contributed by atoms with Crippen LogP contribution in [-0.2, 0) is 12.8 Å². The summed E-state index contributed by atoms with van der Waals surface area (Å²) in [7, 11) is 0. The summed E-state index contributed by atoms with van der Waals surface area (Å²) in [4.78, 5) is 2.67. The lowest BCUT2D eigenvalue weighted by molar-refractivity contribution is 0.127. The molecule has 0 amide bonds. The first-order valence-corrected chi connectivity index (χ1v) is 7.72. The Labute approximate surface area is 117 Å². The van der Waals surface area contributed by atoms with Gasteiger partial charge in [0.05, 0.1) is 0 Å². The molecule has 0 bridgehead atoms. The van der Waals surface area contributed by atoms with Crippen LogP contribution in [0.25, 0.3) is 0 Å². The summed E-state index contributed by atoms with van der Waals surface area (Å²) in [5, 5.41) is 9.93. The average molecular weight is 261 g/mol. The fraction of sp³-hybridized carbons (Fsp3) is 0.647. The van der Waals surface area contributed by atoms with Crippen LogP contribution in [0.3, 0.4) is 0 Å². The number of hydrogen-bond donors (Lipinski definition) is 1. The summed E-state index contributed by atoms with van der Waals surface area (Å²) < 4.78 is 0. The van der Waals surface area contributed by atoms with Crippen molar-refractivity contribution in [2.24, 2.45) is 0 Å². The molecule has 0 radical (unpaired) electrons. The molecular weight excluding hydrogens is 234 g/mol. The molecule has 0 aromatic heterocycles. The highest BCUT2D eigenvalue weighted by molar-refractivity contribution is 5.41. The van der Waals surface area contributed by atoms with Gasteiger partial charge in [-0.1, -0.05) is 26.0 Å². The summed E-state index contributed by atoms with van der Waals surface area (Å²) in [6, 6.07) is 7.27. The predicted molar refractivity (Wildman–Crippen MR) is 80.7 cm³/mol. The van der Waals surface area contributed by atoms with Crippen LogP contribution in [0.5, 0.6) is 5.75 Å². The number of nitrogens with zero attached hydrogens (tertiary/aromatic N) is 1. The number of fused-ring (bicyclic) bond motifs is 1. The Bertz CT molecular complexity index is 416. The first kappa shape index (κ1) is 14.4. The number of aromatic hydroxyl groups is 1. The molecule has 0 spiro atoms. The van der Waals surface area contributed by atoms with E-state index in [1.54, 1.807) is 0 Å². The third kappa shape index (κ3) is 3.11. The third-order valence-corrected chi connectivity index (χ3v) is 4.54. The Balaban J connectivity index is 2.15. The van der Waals surface area contributed by atoms with Gasteiger partial charge in [0.25, 0.3) is 0 Å². The van der Waals surface area contributed by atoms with Crippen LogP contribution in [0.2, 0.25) is 0 Å². The van der Waals surface area contributed by atoms with Gasteiger partial charge in [-0.2, -0.15) is 0 Å². The molecule has 106 valence electrons. The van der Waals surface area contributed by atoms with Gasteiger partial charge in [-0.3, -0.25) is 4.90 Å². The lowest BCUT2D eigenvalue weighted by Gasteiger charge is -2.39. The van der Waals surface area contributed by atoms with Gasteiger partial charge in [-0.15, -0.1) is 0 Å². The van der Waals surface area contributed by atoms with E-state index in [1.165, 1.54) is 36.9 Å². The van der Waals surface area contributed by atoms with E-state index in [0.717, 1.165) is 12.8 Å². The molecule has 1 aliphatic rings. The fourth-order valence-electron chi connectivity index (χ4n) is 3.31. The molecule has 0 saturated heterocycles. The second kappa shape index (κ2) is 6.42. The highest BCUT2D eigenvalue weighted by Gasteiger charge is 2.27. The summed E-state index contributed by atoms with van der Waals surface area (Å²) in [6.45, 7) is 8.06. The molecular formula is C17H27NO. The molecule has 0 fully saturated rings. The molecule has 1 aliphatic carbocycles. The molecule has 2 nitrogen and oxygen atoms in total. The quantitative estimate of drug-likeness (QED) is 0.872. The fourth-order valence-corrected chi connectivity index (χ4v) is 3.31. The Morgan fingerprint density at radius 1 is 1.37 bits per heavy atom. The van der Waals surface area contributed by atoms with E-state index in [1.807, 2.05) is 12.1 Å². The third-order valence-electron chi connectivity index (χ3n) is 4.54. The zero-order chi connectivity index (χ0) is 13.8. The molecule has 1 aromatic rings. The predicted octanol–water partition coefficient (Wildman–Crippen LogP) is 3.76. The van der Waals surface area contributed by atoms with Crippen LogP contribution >= 0.6 is 0 Å². The van der Waals surface area contributed by atoms with E-state index in [0.29, 0.717) is 17.8 Å². The van der Waals surface area contributed by atoms with Gasteiger partial charge in [0.2, 0.25) is 0 Å². The summed E-state index contributed by atoms with van der Waals surface area (Å²) in [5.41, 5.74) is 2.53. The topological polar surface area (TPSA) is 23.5 Å². The van der Waals surface area contributed by atoms with Gasteiger partial charge in [-0.25, -0.2) is 0 Å². The Morgan fingerprint density at radius 3 is 2.84 bits per heavy atom. The van der Waals surface area contributed by atoms with Crippen molar-refractivity contribution in [3.63, 3.8) is 0 Å². The van der Waals surface area contributed by atoms with E-state index >= 15 is 0 Å². The van der Waals surface area contributed by atoms with E-state index in [-0.39, 0.29) is 0 Å². The van der Waals surface area contributed by atoms with Gasteiger partial charge in [0.1, 0.15) is 5.75 Å². The maximum absolute atomic E-state index is 9.93. The number of hydrogen-bond acceptors (Lipinski definition) is 2. The standard InChI is InChI=1S/C17H27NO/c1-4-11-18(13(3)5-2)15-9-10-16-14(12-15)7-6-8-17(16)19/h6-8,13,15,19H,4-5,9-12H2,1-3H3/t13?,15-/m0/s1.